The van der Waals surface area contributed by atoms with Crippen LogP contribution in [0, 0.1) is 0 Å². The lowest BCUT2D eigenvalue weighted by atomic mass is 10.3. The highest BCUT2D eigenvalue weighted by molar-refractivity contribution is 8.00. The van der Waals surface area contributed by atoms with Crippen molar-refractivity contribution in [2.75, 3.05) is 0 Å². The van der Waals surface area contributed by atoms with Crippen molar-refractivity contribution >= 4 is 76.1 Å². The lowest BCUT2D eigenvalue weighted by molar-refractivity contribution is 1.67. The van der Waals surface area contributed by atoms with Gasteiger partial charge >= 0.3 is 0 Å². The second-order valence-electron chi connectivity index (χ2n) is 15.7. The van der Waals surface area contributed by atoms with Crippen LogP contribution in [0.1, 0.15) is 0 Å². The first kappa shape index (κ1) is 38.4. The fourth-order valence-electron chi connectivity index (χ4n) is 11.0. The van der Waals surface area contributed by atoms with Crippen LogP contribution >= 0.6 is 0 Å². The first-order valence-electron chi connectivity index (χ1n) is 20.7. The Kier molecular flexibility index (Phi) is 10.8. The molecule has 9 aromatic carbocycles. The predicted octanol–water partition coefficient (Wildman–Crippen LogP) is 6.81. The standard InChI is InChI=1S/C55H48Si4/c1-56(47-29-11-2-12-30-47,48-31-13-3-14-32-48)58(52-39-21-7-22-40-52,53-41-23-8-24-42-53)59(54-43-25-9-26-44-54,55-45-27-10-28-46-55)57(49-33-15-4-16-34-49,50-35-17-5-18-36-50)51-37-19-6-20-38-51/h2-46H,1H3. The van der Waals surface area contributed by atoms with Crippen LogP contribution in [0.2, 0.25) is 6.55 Å². The molecule has 0 saturated carbocycles. The second kappa shape index (κ2) is 16.6. The maximum atomic E-state index is 2.78. The van der Waals surface area contributed by atoms with E-state index in [1.54, 1.807) is 0 Å². The van der Waals surface area contributed by atoms with Crippen LogP contribution in [0.4, 0.5) is 0 Å². The maximum absolute atomic E-state index is 3.47. The van der Waals surface area contributed by atoms with E-state index in [2.05, 4.69) is 280 Å². The highest BCUT2D eigenvalue weighted by atomic mass is 29.8. The monoisotopic (exact) mass is 820 g/mol. The van der Waals surface area contributed by atoms with E-state index in [-0.39, 0.29) is 0 Å². The molecule has 0 aliphatic rings. The molecule has 0 aromatic heterocycles. The summed E-state index contributed by atoms with van der Waals surface area (Å²) in [7, 11) is -13.2. The molecule has 0 saturated heterocycles. The topological polar surface area (TPSA) is 0 Å². The van der Waals surface area contributed by atoms with E-state index in [0.29, 0.717) is 0 Å². The van der Waals surface area contributed by atoms with Gasteiger partial charge in [0, 0.05) is 0 Å². The fourth-order valence-corrected chi connectivity index (χ4v) is 90.3. The van der Waals surface area contributed by atoms with Crippen molar-refractivity contribution in [1.82, 2.24) is 0 Å². The molecule has 0 radical (unpaired) electrons. The van der Waals surface area contributed by atoms with Crippen LogP contribution < -0.4 is 46.7 Å². The average molecular weight is 821 g/mol. The SMILES string of the molecule is C[Si](c1ccccc1)(c1ccccc1)[Si](c1ccccc1)(c1ccccc1)[Si](c1ccccc1)(c1ccccc1)[Si](c1ccccc1)(c1ccccc1)c1ccccc1. The quantitative estimate of drug-likeness (QED) is 0.0940. The number of hydrogen-bond acceptors (Lipinski definition) is 0. The summed E-state index contributed by atoms with van der Waals surface area (Å²) < 4.78 is 0. The minimum Gasteiger partial charge on any atom is -0.0631 e. The van der Waals surface area contributed by atoms with Crippen LogP contribution in [0.15, 0.2) is 273 Å². The second-order valence-corrected chi connectivity index (χ2v) is 44.9. The summed E-state index contributed by atoms with van der Waals surface area (Å²) >= 11 is 0. The molecule has 0 spiro atoms. The van der Waals surface area contributed by atoms with Gasteiger partial charge in [-0.25, -0.2) is 0 Å². The Morgan fingerprint density at radius 2 is 0.356 bits per heavy atom. The van der Waals surface area contributed by atoms with E-state index in [4.69, 9.17) is 0 Å². The van der Waals surface area contributed by atoms with E-state index in [1.165, 1.54) is 46.7 Å². The Morgan fingerprint density at radius 1 is 0.186 bits per heavy atom. The molecule has 0 bridgehead atoms. The van der Waals surface area contributed by atoms with Gasteiger partial charge in [-0.15, -0.1) is 0 Å². The molecule has 0 heterocycles. The van der Waals surface area contributed by atoms with Gasteiger partial charge in [0.25, 0.3) is 0 Å². The highest BCUT2D eigenvalue weighted by Crippen LogP contribution is 2.36. The summed E-state index contributed by atoms with van der Waals surface area (Å²) in [5, 5.41) is 13.3. The third-order valence-electron chi connectivity index (χ3n) is 13.0. The Labute approximate surface area is 353 Å². The van der Waals surface area contributed by atoms with Gasteiger partial charge < -0.3 is 0 Å². The molecule has 4 heteroatoms. The van der Waals surface area contributed by atoms with E-state index >= 15 is 0 Å². The van der Waals surface area contributed by atoms with Gasteiger partial charge in [0.15, 0.2) is 0 Å². The molecule has 9 rings (SSSR count). The smallest absolute Gasteiger partial charge is 0.0631 e. The first-order chi connectivity index (χ1) is 29.2. The van der Waals surface area contributed by atoms with Crippen molar-refractivity contribution in [2.45, 2.75) is 6.55 Å². The van der Waals surface area contributed by atoms with Crippen molar-refractivity contribution in [3.63, 3.8) is 0 Å². The third-order valence-corrected chi connectivity index (χ3v) is 67.5. The van der Waals surface area contributed by atoms with E-state index in [0.717, 1.165) is 0 Å². The summed E-state index contributed by atoms with van der Waals surface area (Å²) in [6, 6.07) is 107. The average Bonchev–Trinajstić information content (AvgIpc) is 3.34. The van der Waals surface area contributed by atoms with Crippen LogP contribution in [0.3, 0.4) is 0 Å². The normalized spacial score (nSPS) is 12.2. The Bertz CT molecular complexity index is 2470. The molecule has 0 nitrogen and oxygen atoms in total. The van der Waals surface area contributed by atoms with Gasteiger partial charge in [0.2, 0.25) is 0 Å². The van der Waals surface area contributed by atoms with Crippen molar-refractivity contribution in [1.29, 1.82) is 0 Å². The zero-order chi connectivity index (χ0) is 40.0. The highest BCUT2D eigenvalue weighted by Gasteiger charge is 2.77. The molecule has 0 atom stereocenters. The van der Waals surface area contributed by atoms with Crippen LogP contribution in [0.25, 0.3) is 0 Å². The van der Waals surface area contributed by atoms with E-state index < -0.39 is 29.4 Å². The fraction of sp³-hybridized carbons (Fsp3) is 0.0182. The molecule has 0 aliphatic heterocycles. The lowest BCUT2D eigenvalue weighted by Gasteiger charge is -2.64. The Hall–Kier alpha value is -6.15. The molecular weight excluding hydrogens is 773 g/mol. The molecule has 9 aromatic rings. The lowest BCUT2D eigenvalue weighted by Crippen LogP contribution is -3.08. The minimum absolute atomic E-state index is 1.46. The van der Waals surface area contributed by atoms with Gasteiger partial charge in [-0.2, -0.15) is 0 Å². The van der Waals surface area contributed by atoms with Crippen LogP contribution in [0.5, 0.6) is 0 Å². The molecule has 59 heavy (non-hydrogen) atoms. The predicted molar refractivity (Wildman–Crippen MR) is 264 cm³/mol. The molecular formula is C55H48Si4. The number of hydrogen-bond donors (Lipinski definition) is 0. The largest absolute Gasteiger partial charge is 0.147 e. The van der Waals surface area contributed by atoms with Crippen LogP contribution in [-0.2, 0) is 0 Å². The van der Waals surface area contributed by atoms with Crippen molar-refractivity contribution in [2.24, 2.45) is 0 Å². The summed E-state index contributed by atoms with van der Waals surface area (Å²) in [6.07, 6.45) is 0. The van der Waals surface area contributed by atoms with Gasteiger partial charge in [-0.05, 0) is 0 Å². The zero-order valence-corrected chi connectivity index (χ0v) is 37.5. The van der Waals surface area contributed by atoms with Gasteiger partial charge in [-0.3, -0.25) is 0 Å². The minimum atomic E-state index is -3.47. The summed E-state index contributed by atoms with van der Waals surface area (Å²) in [5.41, 5.74) is 0. The maximum Gasteiger partial charge on any atom is 0.147 e. The first-order valence-corrected chi connectivity index (χ1v) is 32.2. The molecule has 0 fully saturated rings. The van der Waals surface area contributed by atoms with Crippen molar-refractivity contribution in [3.8, 4) is 0 Å². The third kappa shape index (κ3) is 5.97. The number of rotatable bonds is 12. The molecule has 284 valence electrons. The molecule has 0 aliphatic carbocycles. The summed E-state index contributed by atoms with van der Waals surface area (Å²) in [6.45, 7) is 2.78. The summed E-state index contributed by atoms with van der Waals surface area (Å²) in [5.74, 6) is 0. The van der Waals surface area contributed by atoms with Crippen LogP contribution in [-0.4, -0.2) is 29.4 Å². The molecule has 0 unspecified atom stereocenters. The zero-order valence-electron chi connectivity index (χ0n) is 33.5. The number of benzene rings is 9. The Balaban J connectivity index is 1.72. The molecule has 0 amide bonds. The summed E-state index contributed by atoms with van der Waals surface area (Å²) in [4.78, 5) is 0. The van der Waals surface area contributed by atoms with Crippen molar-refractivity contribution in [3.05, 3.63) is 273 Å². The van der Waals surface area contributed by atoms with E-state index in [9.17, 15) is 0 Å². The van der Waals surface area contributed by atoms with Gasteiger partial charge in [0.05, 0.1) is 0 Å². The molecule has 0 N–H and O–H groups in total. The van der Waals surface area contributed by atoms with Gasteiger partial charge in [-0.1, -0.05) is 326 Å². The van der Waals surface area contributed by atoms with Crippen molar-refractivity contribution < 1.29 is 0 Å². The van der Waals surface area contributed by atoms with E-state index in [1.807, 2.05) is 0 Å². The van der Waals surface area contributed by atoms with Gasteiger partial charge in [0.1, 0.15) is 29.4 Å². The Morgan fingerprint density at radius 3 is 0.576 bits per heavy atom.